The SMILES string of the molecule is CCOC(=O)c1cc2c3ccccc3n(Cc3ccccc3)c2c[n+]1Cc1ccccc1.[O-][I+2]([O-])[O-]. The average Bonchev–Trinajstić information content (AvgIpc) is 3.17. The molecule has 0 aliphatic heterocycles. The topological polar surface area (TPSA) is 104 Å². The van der Waals surface area contributed by atoms with Gasteiger partial charge in [-0.15, -0.1) is 0 Å². The number of hydrogen-bond donors (Lipinski definition) is 0. The lowest BCUT2D eigenvalue weighted by Crippen LogP contribution is -4.05. The number of aromatic nitrogens is 2. The molecule has 2 heterocycles. The Morgan fingerprint density at radius 2 is 1.42 bits per heavy atom. The van der Waals surface area contributed by atoms with Crippen molar-refractivity contribution in [1.82, 2.24) is 4.57 Å². The highest BCUT2D eigenvalue weighted by atomic mass is 127. The number of para-hydroxylation sites is 1. The first-order valence-corrected chi connectivity index (χ1v) is 14.0. The number of benzene rings is 3. The highest BCUT2D eigenvalue weighted by molar-refractivity contribution is 6.09. The normalized spacial score (nSPS) is 10.9. The maximum Gasteiger partial charge on any atom is 0.403 e. The molecule has 0 bridgehead atoms. The maximum absolute atomic E-state index is 12.9. The van der Waals surface area contributed by atoms with E-state index in [0.29, 0.717) is 18.8 Å². The van der Waals surface area contributed by atoms with E-state index in [9.17, 15) is 4.79 Å². The zero-order chi connectivity index (χ0) is 25.5. The van der Waals surface area contributed by atoms with Crippen molar-refractivity contribution >= 4 is 27.8 Å². The van der Waals surface area contributed by atoms with Gasteiger partial charge in [0.2, 0.25) is 0 Å². The van der Waals surface area contributed by atoms with E-state index >= 15 is 0 Å². The van der Waals surface area contributed by atoms with Gasteiger partial charge in [0.05, 0.1) is 6.61 Å². The number of ether oxygens (including phenoxy) is 1. The summed E-state index contributed by atoms with van der Waals surface area (Å²) >= 11 is -4.01. The molecular formula is C28H25IN2O5. The predicted octanol–water partition coefficient (Wildman–Crippen LogP) is -1.21. The minimum Gasteiger partial charge on any atom is -0.458 e. The van der Waals surface area contributed by atoms with Crippen molar-refractivity contribution in [3.8, 4) is 0 Å². The Morgan fingerprint density at radius 1 is 0.833 bits per heavy atom. The third-order valence-electron chi connectivity index (χ3n) is 5.78. The van der Waals surface area contributed by atoms with Gasteiger partial charge in [-0.25, -0.2) is 4.79 Å². The number of carbonyl (C=O) groups excluding carboxylic acids is 1. The Hall–Kier alpha value is -3.31. The van der Waals surface area contributed by atoms with Crippen molar-refractivity contribution < 1.29 is 45.5 Å². The van der Waals surface area contributed by atoms with Gasteiger partial charge in [-0.3, -0.25) is 0 Å². The summed E-state index contributed by atoms with van der Waals surface area (Å²) in [6, 6.07) is 31.0. The van der Waals surface area contributed by atoms with Crippen molar-refractivity contribution in [3.05, 3.63) is 114 Å². The highest BCUT2D eigenvalue weighted by Gasteiger charge is 2.25. The molecule has 3 aromatic carbocycles. The number of fused-ring (bicyclic) bond motifs is 3. The van der Waals surface area contributed by atoms with Crippen LogP contribution in [0.5, 0.6) is 0 Å². The Bertz CT molecular complexity index is 1450. The first-order valence-electron chi connectivity index (χ1n) is 11.4. The third-order valence-corrected chi connectivity index (χ3v) is 5.78. The van der Waals surface area contributed by atoms with E-state index in [0.717, 1.165) is 33.9 Å². The van der Waals surface area contributed by atoms with Crippen LogP contribution in [0.3, 0.4) is 0 Å². The van der Waals surface area contributed by atoms with Crippen LogP contribution in [0.1, 0.15) is 28.5 Å². The zero-order valence-corrected chi connectivity index (χ0v) is 21.8. The lowest BCUT2D eigenvalue weighted by atomic mass is 10.1. The summed E-state index contributed by atoms with van der Waals surface area (Å²) in [7, 11) is 0. The van der Waals surface area contributed by atoms with Gasteiger partial charge in [0.15, 0.2) is 12.7 Å². The zero-order valence-electron chi connectivity index (χ0n) is 19.7. The monoisotopic (exact) mass is 596 g/mol. The molecule has 5 rings (SSSR count). The summed E-state index contributed by atoms with van der Waals surface area (Å²) in [6.45, 7) is 3.54. The fourth-order valence-corrected chi connectivity index (χ4v) is 4.31. The van der Waals surface area contributed by atoms with Crippen LogP contribution in [0.2, 0.25) is 0 Å². The van der Waals surface area contributed by atoms with Crippen molar-refractivity contribution in [3.63, 3.8) is 0 Å². The largest absolute Gasteiger partial charge is 0.458 e. The molecule has 2 aromatic heterocycles. The Morgan fingerprint density at radius 3 is 2.06 bits per heavy atom. The van der Waals surface area contributed by atoms with Crippen LogP contribution in [0, 0.1) is 0 Å². The van der Waals surface area contributed by atoms with E-state index in [2.05, 4.69) is 65.4 Å². The molecule has 0 atom stereocenters. The Kier molecular flexibility index (Phi) is 8.65. The fraction of sp³-hybridized carbons (Fsp3) is 0.143. The highest BCUT2D eigenvalue weighted by Crippen LogP contribution is 2.29. The van der Waals surface area contributed by atoms with Crippen LogP contribution in [-0.4, -0.2) is 17.1 Å². The molecule has 8 heteroatoms. The molecule has 0 spiro atoms. The number of pyridine rings is 1. The van der Waals surface area contributed by atoms with Gasteiger partial charge in [-0.05, 0) is 18.6 Å². The van der Waals surface area contributed by atoms with E-state index < -0.39 is 21.1 Å². The minimum atomic E-state index is -4.01. The van der Waals surface area contributed by atoms with Crippen molar-refractivity contribution in [1.29, 1.82) is 0 Å². The lowest BCUT2D eigenvalue weighted by molar-refractivity contribution is -1.73. The summed E-state index contributed by atoms with van der Waals surface area (Å²) in [4.78, 5) is 12.9. The predicted molar refractivity (Wildman–Crippen MR) is 127 cm³/mol. The van der Waals surface area contributed by atoms with Gasteiger partial charge in [0.1, 0.15) is 5.52 Å². The molecule has 0 N–H and O–H groups in total. The standard InChI is InChI=1S/C28H25N2O2.IO3/c1-2-32-28(31)26-17-24-23-15-9-10-16-25(23)30(19-22-13-7-4-8-14-22)27(24)20-29(26)18-21-11-5-3-6-12-21;2-1(3)4/h3-17,20H,2,18-19H2,1H3;/q+1;-1. The average molecular weight is 596 g/mol. The molecule has 0 radical (unpaired) electrons. The fourth-order valence-electron chi connectivity index (χ4n) is 4.31. The molecule has 0 amide bonds. The quantitative estimate of drug-likeness (QED) is 0.139. The second-order valence-electron chi connectivity index (χ2n) is 8.07. The van der Waals surface area contributed by atoms with Gasteiger partial charge in [-0.1, -0.05) is 78.9 Å². The van der Waals surface area contributed by atoms with Crippen LogP contribution in [0.25, 0.3) is 21.8 Å². The molecule has 7 nitrogen and oxygen atoms in total. The number of halogens is 1. The van der Waals surface area contributed by atoms with Crippen molar-refractivity contribution in [2.45, 2.75) is 20.0 Å². The van der Waals surface area contributed by atoms with Gasteiger partial charge < -0.3 is 19.6 Å². The maximum atomic E-state index is 12.9. The minimum absolute atomic E-state index is 0.301. The van der Waals surface area contributed by atoms with E-state index in [1.165, 1.54) is 5.56 Å². The lowest BCUT2D eigenvalue weighted by Gasteiger charge is -2.09. The van der Waals surface area contributed by atoms with Crippen LogP contribution in [-0.2, 0) is 17.8 Å². The Balaban J connectivity index is 0.000000709. The molecule has 0 aliphatic carbocycles. The summed E-state index contributed by atoms with van der Waals surface area (Å²) < 4.78 is 35.5. The van der Waals surface area contributed by atoms with Crippen LogP contribution < -0.4 is 35.9 Å². The first-order chi connectivity index (χ1) is 17.5. The summed E-state index contributed by atoms with van der Waals surface area (Å²) in [5.41, 5.74) is 5.18. The van der Waals surface area contributed by atoms with E-state index in [4.69, 9.17) is 15.0 Å². The smallest absolute Gasteiger partial charge is 0.403 e. The number of carbonyl (C=O) groups is 1. The second-order valence-corrected chi connectivity index (χ2v) is 9.15. The first kappa shape index (κ1) is 25.8. The summed E-state index contributed by atoms with van der Waals surface area (Å²) in [5, 5.41) is 2.19. The third kappa shape index (κ3) is 6.08. The molecular weight excluding hydrogens is 571 g/mol. The molecule has 5 aromatic rings. The van der Waals surface area contributed by atoms with E-state index in [-0.39, 0.29) is 5.97 Å². The number of esters is 1. The number of hydrogen-bond acceptors (Lipinski definition) is 5. The van der Waals surface area contributed by atoms with Crippen molar-refractivity contribution in [2.75, 3.05) is 6.61 Å². The van der Waals surface area contributed by atoms with Gasteiger partial charge >= 0.3 is 5.97 Å². The molecule has 0 saturated carbocycles. The van der Waals surface area contributed by atoms with E-state index in [1.807, 2.05) is 47.9 Å². The summed E-state index contributed by atoms with van der Waals surface area (Å²) in [6.07, 6.45) is 2.09. The van der Waals surface area contributed by atoms with Crippen LogP contribution >= 0.6 is 0 Å². The van der Waals surface area contributed by atoms with Gasteiger partial charge in [0.25, 0.3) is 26.8 Å². The molecule has 0 saturated heterocycles. The van der Waals surface area contributed by atoms with Gasteiger partial charge in [0, 0.05) is 34.5 Å². The molecule has 184 valence electrons. The number of rotatable bonds is 6. The van der Waals surface area contributed by atoms with Crippen LogP contribution in [0.4, 0.5) is 0 Å². The molecule has 0 fully saturated rings. The second kappa shape index (κ2) is 12.1. The molecule has 0 unspecified atom stereocenters. The molecule has 0 aliphatic rings. The summed E-state index contributed by atoms with van der Waals surface area (Å²) in [5.74, 6) is -0.301. The van der Waals surface area contributed by atoms with Crippen LogP contribution in [0.15, 0.2) is 97.2 Å². The molecule has 36 heavy (non-hydrogen) atoms. The Labute approximate surface area is 217 Å². The number of nitrogens with zero attached hydrogens (tertiary/aromatic N) is 2. The van der Waals surface area contributed by atoms with Gasteiger partial charge in [-0.2, -0.15) is 4.57 Å². The van der Waals surface area contributed by atoms with Crippen molar-refractivity contribution in [2.24, 2.45) is 0 Å². The van der Waals surface area contributed by atoms with E-state index in [1.54, 1.807) is 0 Å².